The highest BCUT2D eigenvalue weighted by molar-refractivity contribution is 9.10. The lowest BCUT2D eigenvalue weighted by molar-refractivity contribution is -0.124. The van der Waals surface area contributed by atoms with Crippen molar-refractivity contribution in [3.63, 3.8) is 0 Å². The van der Waals surface area contributed by atoms with E-state index in [0.29, 0.717) is 5.92 Å². The van der Waals surface area contributed by atoms with E-state index in [1.807, 2.05) is 0 Å². The minimum atomic E-state index is -3.45. The van der Waals surface area contributed by atoms with E-state index in [4.69, 9.17) is 0 Å². The first-order valence-electron chi connectivity index (χ1n) is 8.06. The number of carbonyl (C=O) groups excluding carboxylic acids is 1. The first kappa shape index (κ1) is 18.5. The van der Waals surface area contributed by atoms with Crippen LogP contribution in [0.25, 0.3) is 0 Å². The van der Waals surface area contributed by atoms with Crippen molar-refractivity contribution in [2.24, 2.45) is 11.8 Å². The second-order valence-electron chi connectivity index (χ2n) is 6.61. The summed E-state index contributed by atoms with van der Waals surface area (Å²) in [7, 11) is -3.45. The molecule has 0 bridgehead atoms. The zero-order valence-corrected chi connectivity index (χ0v) is 16.0. The maximum absolute atomic E-state index is 12.4. The van der Waals surface area contributed by atoms with Crippen LogP contribution in [0.15, 0.2) is 33.6 Å². The van der Waals surface area contributed by atoms with Crippen molar-refractivity contribution < 1.29 is 13.2 Å². The van der Waals surface area contributed by atoms with Crippen LogP contribution >= 0.6 is 15.9 Å². The first-order chi connectivity index (χ1) is 10.8. The fraction of sp³-hybridized carbons (Fsp3) is 0.588. The highest BCUT2D eigenvalue weighted by atomic mass is 79.9. The number of carbonyl (C=O) groups is 1. The molecule has 1 saturated carbocycles. The zero-order chi connectivity index (χ0) is 17.0. The molecule has 0 saturated heterocycles. The summed E-state index contributed by atoms with van der Waals surface area (Å²) in [6.45, 7) is 3.87. The number of halogens is 1. The largest absolute Gasteiger partial charge is 0.353 e. The number of hydrogen-bond donors (Lipinski definition) is 1. The Hall–Kier alpha value is -0.880. The predicted molar refractivity (Wildman–Crippen MR) is 94.9 cm³/mol. The van der Waals surface area contributed by atoms with Crippen molar-refractivity contribution in [3.8, 4) is 0 Å². The quantitative estimate of drug-likeness (QED) is 0.819. The Bertz CT molecular complexity index is 642. The van der Waals surface area contributed by atoms with Gasteiger partial charge in [0.05, 0.1) is 10.6 Å². The molecule has 3 atom stereocenters. The monoisotopic (exact) mass is 401 g/mol. The van der Waals surface area contributed by atoms with Crippen molar-refractivity contribution in [1.29, 1.82) is 0 Å². The molecule has 0 aliphatic heterocycles. The van der Waals surface area contributed by atoms with Gasteiger partial charge in [-0.05, 0) is 43.0 Å². The number of rotatable bonds is 5. The van der Waals surface area contributed by atoms with Crippen molar-refractivity contribution >= 4 is 31.7 Å². The van der Waals surface area contributed by atoms with Crippen molar-refractivity contribution in [3.05, 3.63) is 28.7 Å². The molecule has 0 heterocycles. The summed E-state index contributed by atoms with van der Waals surface area (Å²) in [6.07, 6.45) is 4.30. The van der Waals surface area contributed by atoms with Gasteiger partial charge in [-0.2, -0.15) is 0 Å². The number of benzene rings is 1. The van der Waals surface area contributed by atoms with Gasteiger partial charge >= 0.3 is 0 Å². The highest BCUT2D eigenvalue weighted by Gasteiger charge is 2.26. The molecule has 4 nitrogen and oxygen atoms in total. The van der Waals surface area contributed by atoms with E-state index in [9.17, 15) is 13.2 Å². The highest BCUT2D eigenvalue weighted by Crippen LogP contribution is 2.24. The molecule has 1 fully saturated rings. The molecule has 0 aromatic heterocycles. The number of amides is 1. The lowest BCUT2D eigenvalue weighted by Crippen LogP contribution is -2.42. The third-order valence-electron chi connectivity index (χ3n) is 4.37. The van der Waals surface area contributed by atoms with Gasteiger partial charge in [-0.15, -0.1) is 0 Å². The third-order valence-corrected chi connectivity index (χ3v) is 6.83. The van der Waals surface area contributed by atoms with Crippen molar-refractivity contribution in [1.82, 2.24) is 5.32 Å². The minimum Gasteiger partial charge on any atom is -0.353 e. The summed E-state index contributed by atoms with van der Waals surface area (Å²) < 4.78 is 25.6. The van der Waals surface area contributed by atoms with E-state index >= 15 is 0 Å². The van der Waals surface area contributed by atoms with Crippen molar-refractivity contribution in [2.75, 3.05) is 5.75 Å². The molecule has 0 unspecified atom stereocenters. The van der Waals surface area contributed by atoms with Gasteiger partial charge in [0.25, 0.3) is 0 Å². The Morgan fingerprint density at radius 3 is 2.57 bits per heavy atom. The van der Waals surface area contributed by atoms with Gasteiger partial charge in [-0.1, -0.05) is 42.6 Å². The van der Waals surface area contributed by atoms with Crippen LogP contribution in [-0.2, 0) is 14.6 Å². The van der Waals surface area contributed by atoms with Gasteiger partial charge in [-0.25, -0.2) is 8.42 Å². The summed E-state index contributed by atoms with van der Waals surface area (Å²) in [5, 5.41) is 3.02. The molecule has 0 radical (unpaired) electrons. The molecule has 1 aliphatic rings. The molecule has 2 rings (SSSR count). The van der Waals surface area contributed by atoms with Crippen molar-refractivity contribution in [2.45, 2.75) is 50.5 Å². The van der Waals surface area contributed by atoms with Crippen LogP contribution in [0.5, 0.6) is 0 Å². The second-order valence-corrected chi connectivity index (χ2v) is 9.56. The van der Waals surface area contributed by atoms with Crippen LogP contribution in [0.1, 0.15) is 39.5 Å². The maximum Gasteiger partial charge on any atom is 0.224 e. The Kier molecular flexibility index (Phi) is 6.26. The molecule has 128 valence electrons. The van der Waals surface area contributed by atoms with Gasteiger partial charge in [0.2, 0.25) is 5.91 Å². The molecule has 1 aromatic rings. The molecule has 1 amide bonds. The third kappa shape index (κ3) is 5.31. The molecular formula is C17H24BrNO3S. The summed E-state index contributed by atoms with van der Waals surface area (Å²) in [6, 6.07) is 6.70. The Morgan fingerprint density at radius 1 is 1.30 bits per heavy atom. The van der Waals surface area contributed by atoms with Crippen LogP contribution in [-0.4, -0.2) is 26.1 Å². The fourth-order valence-electron chi connectivity index (χ4n) is 3.05. The van der Waals surface area contributed by atoms with E-state index in [2.05, 4.69) is 28.2 Å². The van der Waals surface area contributed by atoms with Gasteiger partial charge in [0, 0.05) is 16.4 Å². The standard InChI is InChI=1S/C17H24BrNO3S/c1-12-4-3-5-15(10-12)19-17(20)13(2)11-23(21,22)16-8-6-14(18)7-9-16/h6-9,12-13,15H,3-5,10-11H2,1-2H3,(H,19,20)/t12-,13-,15+/m1/s1. The van der Waals surface area contributed by atoms with E-state index in [-0.39, 0.29) is 22.6 Å². The van der Waals surface area contributed by atoms with E-state index in [0.717, 1.165) is 23.7 Å². The molecule has 1 aliphatic carbocycles. The van der Waals surface area contributed by atoms with Gasteiger partial charge in [0.1, 0.15) is 0 Å². The molecule has 6 heteroatoms. The molecule has 1 N–H and O–H groups in total. The lowest BCUT2D eigenvalue weighted by Gasteiger charge is -2.28. The molecular weight excluding hydrogens is 378 g/mol. The fourth-order valence-corrected chi connectivity index (χ4v) is 4.87. The smallest absolute Gasteiger partial charge is 0.224 e. The Balaban J connectivity index is 1.95. The van der Waals surface area contributed by atoms with Crippen LogP contribution in [0.2, 0.25) is 0 Å². The normalized spacial score (nSPS) is 23.3. The summed E-state index contributed by atoms with van der Waals surface area (Å²) in [5.41, 5.74) is 0. The van der Waals surface area contributed by atoms with Crippen LogP contribution < -0.4 is 5.32 Å². The maximum atomic E-state index is 12.4. The van der Waals surface area contributed by atoms with Gasteiger partial charge in [-0.3, -0.25) is 4.79 Å². The lowest BCUT2D eigenvalue weighted by atomic mass is 9.87. The van der Waals surface area contributed by atoms with Crippen LogP contribution in [0.4, 0.5) is 0 Å². The molecule has 0 spiro atoms. The summed E-state index contributed by atoms with van der Waals surface area (Å²) >= 11 is 3.29. The second kappa shape index (κ2) is 7.79. The van der Waals surface area contributed by atoms with Gasteiger partial charge in [0.15, 0.2) is 9.84 Å². The van der Waals surface area contributed by atoms with Crippen LogP contribution in [0.3, 0.4) is 0 Å². The number of nitrogens with one attached hydrogen (secondary N) is 1. The number of hydrogen-bond acceptors (Lipinski definition) is 3. The molecule has 23 heavy (non-hydrogen) atoms. The van der Waals surface area contributed by atoms with E-state index < -0.39 is 15.8 Å². The topological polar surface area (TPSA) is 63.2 Å². The average molecular weight is 402 g/mol. The zero-order valence-electron chi connectivity index (χ0n) is 13.6. The Labute approximate surface area is 147 Å². The van der Waals surface area contributed by atoms with E-state index in [1.165, 1.54) is 6.42 Å². The van der Waals surface area contributed by atoms with E-state index in [1.54, 1.807) is 31.2 Å². The SMILES string of the molecule is C[C@@H]1CCC[C@H](NC(=O)[C@H](C)CS(=O)(=O)c2ccc(Br)cc2)C1. The Morgan fingerprint density at radius 2 is 1.96 bits per heavy atom. The summed E-state index contributed by atoms with van der Waals surface area (Å²) in [5.74, 6) is -0.260. The first-order valence-corrected chi connectivity index (χ1v) is 10.5. The van der Waals surface area contributed by atoms with Gasteiger partial charge < -0.3 is 5.32 Å². The average Bonchev–Trinajstić information content (AvgIpc) is 2.47. The minimum absolute atomic E-state index is 0.162. The number of sulfone groups is 1. The van der Waals surface area contributed by atoms with Crippen LogP contribution in [0, 0.1) is 11.8 Å². The summed E-state index contributed by atoms with van der Waals surface area (Å²) in [4.78, 5) is 12.6. The molecule has 1 aromatic carbocycles. The predicted octanol–water partition coefficient (Wildman–Crippen LogP) is 3.55.